The van der Waals surface area contributed by atoms with Gasteiger partial charge in [0.1, 0.15) is 17.5 Å². The molecule has 1 N–H and O–H groups in total. The molecule has 0 spiro atoms. The van der Waals surface area contributed by atoms with E-state index in [4.69, 9.17) is 4.74 Å². The summed E-state index contributed by atoms with van der Waals surface area (Å²) >= 11 is 0. The molecule has 1 unspecified atom stereocenters. The first-order valence-electron chi connectivity index (χ1n) is 8.93. The molecule has 3 rings (SSSR count). The van der Waals surface area contributed by atoms with Crippen molar-refractivity contribution in [3.63, 3.8) is 0 Å². The second kappa shape index (κ2) is 8.52. The largest absolute Gasteiger partial charge is 0.573 e. The molecule has 11 heteroatoms. The summed E-state index contributed by atoms with van der Waals surface area (Å²) in [5.41, 5.74) is 0.225. The lowest BCUT2D eigenvalue weighted by atomic mass is 10.2. The highest BCUT2D eigenvalue weighted by Crippen LogP contribution is 2.29. The van der Waals surface area contributed by atoms with E-state index in [1.165, 1.54) is 43.5 Å². The van der Waals surface area contributed by atoms with Gasteiger partial charge in [-0.2, -0.15) is 4.31 Å². The number of carbonyl (C=O) groups excluding carboxylic acids is 1. The number of nitrogens with zero attached hydrogens (tertiary/aromatic N) is 1. The van der Waals surface area contributed by atoms with Crippen molar-refractivity contribution in [3.8, 4) is 11.5 Å². The third-order valence-corrected chi connectivity index (χ3v) is 6.45. The Balaban J connectivity index is 1.72. The van der Waals surface area contributed by atoms with Crippen molar-refractivity contribution < 1.29 is 35.9 Å². The molecule has 1 atom stereocenters. The first kappa shape index (κ1) is 21.9. The van der Waals surface area contributed by atoms with Crippen molar-refractivity contribution in [3.05, 3.63) is 48.5 Å². The maximum Gasteiger partial charge on any atom is 0.573 e. The van der Waals surface area contributed by atoms with Gasteiger partial charge >= 0.3 is 6.36 Å². The molecule has 1 heterocycles. The van der Waals surface area contributed by atoms with Crippen LogP contribution < -0.4 is 14.8 Å². The fourth-order valence-corrected chi connectivity index (χ4v) is 4.79. The van der Waals surface area contributed by atoms with Gasteiger partial charge in [0.2, 0.25) is 15.9 Å². The van der Waals surface area contributed by atoms with E-state index >= 15 is 0 Å². The minimum absolute atomic E-state index is 0.0386. The van der Waals surface area contributed by atoms with Crippen LogP contribution in [-0.2, 0) is 14.8 Å². The highest BCUT2D eigenvalue weighted by molar-refractivity contribution is 7.89. The molecule has 2 aromatic carbocycles. The second-order valence-corrected chi connectivity index (χ2v) is 8.40. The first-order valence-corrected chi connectivity index (χ1v) is 10.4. The predicted molar refractivity (Wildman–Crippen MR) is 102 cm³/mol. The number of hydrogen-bond acceptors (Lipinski definition) is 5. The van der Waals surface area contributed by atoms with Crippen LogP contribution >= 0.6 is 0 Å². The average molecular weight is 444 g/mol. The van der Waals surface area contributed by atoms with Gasteiger partial charge in [-0.15, -0.1) is 13.2 Å². The summed E-state index contributed by atoms with van der Waals surface area (Å²) in [5, 5.41) is 2.54. The fourth-order valence-electron chi connectivity index (χ4n) is 3.14. The molecule has 1 aliphatic rings. The standard InChI is InChI=1S/C19H19F3N2O5S/c1-28-14-8-10-16(11-9-14)30(26,27)24-12-2-3-17(24)18(25)23-13-4-6-15(7-5-13)29-19(20,21)22/h4-11,17H,2-3,12H2,1H3,(H,23,25). The zero-order valence-electron chi connectivity index (χ0n) is 15.8. The van der Waals surface area contributed by atoms with Crippen LogP contribution in [0.4, 0.5) is 18.9 Å². The van der Waals surface area contributed by atoms with Crippen molar-refractivity contribution >= 4 is 21.6 Å². The molecule has 1 saturated heterocycles. The average Bonchev–Trinajstić information content (AvgIpc) is 3.19. The Morgan fingerprint density at radius 1 is 1.07 bits per heavy atom. The molecular weight excluding hydrogens is 425 g/mol. The van der Waals surface area contributed by atoms with Crippen LogP contribution in [0, 0.1) is 0 Å². The Hall–Kier alpha value is -2.79. The summed E-state index contributed by atoms with van der Waals surface area (Å²) < 4.78 is 72.6. The summed E-state index contributed by atoms with van der Waals surface area (Å²) in [6, 6.07) is 9.52. The topological polar surface area (TPSA) is 84.9 Å². The molecule has 1 aliphatic heterocycles. The summed E-state index contributed by atoms with van der Waals surface area (Å²) in [6.45, 7) is 0.185. The van der Waals surface area contributed by atoms with E-state index in [1.807, 2.05) is 0 Å². The number of methoxy groups -OCH3 is 1. The third kappa shape index (κ3) is 5.03. The molecule has 0 saturated carbocycles. The number of rotatable bonds is 6. The number of alkyl halides is 3. The minimum atomic E-state index is -4.81. The monoisotopic (exact) mass is 444 g/mol. The zero-order valence-corrected chi connectivity index (χ0v) is 16.7. The fraction of sp³-hybridized carbons (Fsp3) is 0.316. The van der Waals surface area contributed by atoms with Gasteiger partial charge in [-0.25, -0.2) is 8.42 Å². The predicted octanol–water partition coefficient (Wildman–Crippen LogP) is 3.39. The van der Waals surface area contributed by atoms with E-state index in [-0.39, 0.29) is 17.1 Å². The van der Waals surface area contributed by atoms with E-state index in [1.54, 1.807) is 0 Å². The van der Waals surface area contributed by atoms with Crippen LogP contribution in [0.25, 0.3) is 0 Å². The number of carbonyl (C=O) groups is 1. The first-order chi connectivity index (χ1) is 14.1. The lowest BCUT2D eigenvalue weighted by molar-refractivity contribution is -0.274. The highest BCUT2D eigenvalue weighted by atomic mass is 32.2. The normalized spacial score (nSPS) is 17.5. The van der Waals surface area contributed by atoms with E-state index in [2.05, 4.69) is 10.1 Å². The molecular formula is C19H19F3N2O5S. The number of benzene rings is 2. The summed E-state index contributed by atoms with van der Waals surface area (Å²) in [4.78, 5) is 12.7. The lowest BCUT2D eigenvalue weighted by Crippen LogP contribution is -2.43. The Kier molecular flexibility index (Phi) is 6.22. The number of ether oxygens (including phenoxy) is 2. The number of anilines is 1. The molecule has 1 amide bonds. The Bertz CT molecular complexity index is 992. The Morgan fingerprint density at radius 2 is 1.67 bits per heavy atom. The van der Waals surface area contributed by atoms with E-state index < -0.39 is 34.1 Å². The van der Waals surface area contributed by atoms with Gasteiger partial charge in [-0.05, 0) is 61.4 Å². The van der Waals surface area contributed by atoms with Crippen molar-refractivity contribution in [2.45, 2.75) is 30.1 Å². The summed E-state index contributed by atoms with van der Waals surface area (Å²) in [5.74, 6) is -0.484. The van der Waals surface area contributed by atoms with E-state index in [9.17, 15) is 26.4 Å². The molecule has 30 heavy (non-hydrogen) atoms. The zero-order chi connectivity index (χ0) is 21.9. The number of halogens is 3. The van der Waals surface area contributed by atoms with Crippen LogP contribution in [0.5, 0.6) is 11.5 Å². The van der Waals surface area contributed by atoms with Crippen LogP contribution in [-0.4, -0.2) is 44.7 Å². The Morgan fingerprint density at radius 3 is 2.23 bits per heavy atom. The van der Waals surface area contributed by atoms with Crippen molar-refractivity contribution in [1.82, 2.24) is 4.31 Å². The van der Waals surface area contributed by atoms with E-state index in [0.29, 0.717) is 18.6 Å². The maximum absolute atomic E-state index is 13.0. The minimum Gasteiger partial charge on any atom is -0.497 e. The van der Waals surface area contributed by atoms with Crippen LogP contribution in [0.2, 0.25) is 0 Å². The maximum atomic E-state index is 13.0. The van der Waals surface area contributed by atoms with Gasteiger partial charge in [0.25, 0.3) is 0 Å². The molecule has 1 fully saturated rings. The smallest absolute Gasteiger partial charge is 0.497 e. The number of amides is 1. The van der Waals surface area contributed by atoms with Gasteiger partial charge in [0, 0.05) is 12.2 Å². The van der Waals surface area contributed by atoms with Crippen molar-refractivity contribution in [2.24, 2.45) is 0 Å². The quantitative estimate of drug-likeness (QED) is 0.739. The Labute approximate surface area is 171 Å². The summed E-state index contributed by atoms with van der Waals surface area (Å²) in [6.07, 6.45) is -3.98. The molecule has 2 aromatic rings. The highest BCUT2D eigenvalue weighted by Gasteiger charge is 2.39. The van der Waals surface area contributed by atoms with Crippen LogP contribution in [0.3, 0.4) is 0 Å². The number of sulfonamides is 1. The van der Waals surface area contributed by atoms with Gasteiger partial charge in [0.05, 0.1) is 12.0 Å². The lowest BCUT2D eigenvalue weighted by Gasteiger charge is -2.23. The van der Waals surface area contributed by atoms with Crippen molar-refractivity contribution in [2.75, 3.05) is 19.0 Å². The van der Waals surface area contributed by atoms with Gasteiger partial charge in [-0.1, -0.05) is 0 Å². The molecule has 0 aromatic heterocycles. The van der Waals surface area contributed by atoms with Crippen LogP contribution in [0.15, 0.2) is 53.4 Å². The second-order valence-electron chi connectivity index (χ2n) is 6.51. The number of hydrogen-bond donors (Lipinski definition) is 1. The molecule has 162 valence electrons. The molecule has 0 bridgehead atoms. The molecule has 7 nitrogen and oxygen atoms in total. The molecule has 0 aliphatic carbocycles. The van der Waals surface area contributed by atoms with Crippen molar-refractivity contribution in [1.29, 1.82) is 0 Å². The van der Waals surface area contributed by atoms with Gasteiger partial charge in [0.15, 0.2) is 0 Å². The van der Waals surface area contributed by atoms with Gasteiger partial charge < -0.3 is 14.8 Å². The molecule has 0 radical (unpaired) electrons. The van der Waals surface area contributed by atoms with Crippen LogP contribution in [0.1, 0.15) is 12.8 Å². The summed E-state index contributed by atoms with van der Waals surface area (Å²) in [7, 11) is -2.44. The van der Waals surface area contributed by atoms with Gasteiger partial charge in [-0.3, -0.25) is 4.79 Å². The third-order valence-electron chi connectivity index (χ3n) is 4.53. The number of nitrogens with one attached hydrogen (secondary N) is 1. The SMILES string of the molecule is COc1ccc(S(=O)(=O)N2CCCC2C(=O)Nc2ccc(OC(F)(F)F)cc2)cc1. The van der Waals surface area contributed by atoms with E-state index in [0.717, 1.165) is 16.4 Å².